The van der Waals surface area contributed by atoms with E-state index in [0.717, 1.165) is 25.7 Å². The summed E-state index contributed by atoms with van der Waals surface area (Å²) in [5, 5.41) is 3.53. The third kappa shape index (κ3) is 5.31. The molecule has 1 unspecified atom stereocenters. The Kier molecular flexibility index (Phi) is 7.32. The van der Waals surface area contributed by atoms with Gasteiger partial charge in [-0.15, -0.1) is 11.6 Å². The molecule has 1 saturated carbocycles. The van der Waals surface area contributed by atoms with E-state index in [-0.39, 0.29) is 28.6 Å². The fraction of sp³-hybridized carbons (Fsp3) is 0.882. The van der Waals surface area contributed by atoms with Crippen LogP contribution in [0, 0.1) is 0 Å². The highest BCUT2D eigenvalue weighted by molar-refractivity contribution is 8.15. The Morgan fingerprint density at radius 2 is 1.85 bits per heavy atom. The van der Waals surface area contributed by atoms with E-state index < -0.39 is 10.0 Å². The fourth-order valence-corrected chi connectivity index (χ4v) is 6.29. The van der Waals surface area contributed by atoms with E-state index in [1.165, 1.54) is 18.2 Å². The first-order chi connectivity index (χ1) is 12.9. The van der Waals surface area contributed by atoms with Crippen LogP contribution in [-0.2, 0) is 10.0 Å². The van der Waals surface area contributed by atoms with E-state index in [2.05, 4.69) is 10.3 Å². The minimum absolute atomic E-state index is 0.0650. The van der Waals surface area contributed by atoms with Crippen molar-refractivity contribution in [1.29, 1.82) is 0 Å². The summed E-state index contributed by atoms with van der Waals surface area (Å²) in [7, 11) is -3.16. The lowest BCUT2D eigenvalue weighted by molar-refractivity contribution is 0.100. The molecule has 2 aliphatic heterocycles. The second-order valence-corrected chi connectivity index (χ2v) is 11.6. The topological polar surface area (TPSA) is 82.1 Å². The van der Waals surface area contributed by atoms with E-state index >= 15 is 0 Å². The monoisotopic (exact) mass is 436 g/mol. The van der Waals surface area contributed by atoms with Crippen molar-refractivity contribution in [3.8, 4) is 0 Å². The standard InChI is InChI=1S/C17H29ClN4O3S2/c1-2-27(24,25)21-10-8-14(9-11-21)22(13-6-4-3-5-7-13)17(23)20-16-19-12-15(18)26-16/h13-15H,2-12H2,1H3,(H,19,20,23). The van der Waals surface area contributed by atoms with E-state index in [0.29, 0.717) is 37.6 Å². The predicted molar refractivity (Wildman–Crippen MR) is 111 cm³/mol. The maximum Gasteiger partial charge on any atom is 0.323 e. The summed E-state index contributed by atoms with van der Waals surface area (Å²) in [6.45, 7) is 3.15. The number of urea groups is 1. The van der Waals surface area contributed by atoms with Crippen LogP contribution in [-0.4, -0.2) is 71.0 Å². The molecule has 0 aromatic rings. The van der Waals surface area contributed by atoms with Gasteiger partial charge in [0.05, 0.1) is 12.3 Å². The Bertz CT molecular complexity index is 659. The average Bonchev–Trinajstić information content (AvgIpc) is 3.08. The van der Waals surface area contributed by atoms with Gasteiger partial charge in [-0.05, 0) is 32.6 Å². The van der Waals surface area contributed by atoms with Crippen molar-refractivity contribution in [2.24, 2.45) is 4.99 Å². The number of halogens is 1. The third-order valence-corrected chi connectivity index (χ3v) is 8.76. The number of hydrogen-bond donors (Lipinski definition) is 1. The molecule has 7 nitrogen and oxygen atoms in total. The maximum atomic E-state index is 13.1. The second-order valence-electron chi connectivity index (χ2n) is 7.33. The van der Waals surface area contributed by atoms with Gasteiger partial charge < -0.3 is 4.90 Å². The zero-order chi connectivity index (χ0) is 19.4. The Labute approximate surface area is 171 Å². The molecule has 1 saturated heterocycles. The van der Waals surface area contributed by atoms with Crippen molar-refractivity contribution < 1.29 is 13.2 Å². The number of thioether (sulfide) groups is 1. The minimum atomic E-state index is -3.16. The molecule has 0 radical (unpaired) electrons. The van der Waals surface area contributed by atoms with Crippen molar-refractivity contribution in [1.82, 2.24) is 14.5 Å². The highest BCUT2D eigenvalue weighted by Gasteiger charge is 2.36. The van der Waals surface area contributed by atoms with Gasteiger partial charge in [0.2, 0.25) is 10.0 Å². The molecule has 27 heavy (non-hydrogen) atoms. The number of sulfonamides is 1. The Hall–Kier alpha value is -0.510. The molecule has 1 aliphatic carbocycles. The summed E-state index contributed by atoms with van der Waals surface area (Å²) in [4.78, 5) is 19.4. The molecule has 1 atom stereocenters. The molecular weight excluding hydrogens is 408 g/mol. The SMILES string of the molecule is CCS(=O)(=O)N1CCC(N(C(=O)NC2=NCC(Cl)S2)C2CCCCC2)CC1. The van der Waals surface area contributed by atoms with Gasteiger partial charge in [-0.25, -0.2) is 17.5 Å². The van der Waals surface area contributed by atoms with E-state index in [9.17, 15) is 13.2 Å². The normalized spacial score (nSPS) is 26.0. The molecule has 2 heterocycles. The van der Waals surface area contributed by atoms with E-state index in [1.807, 2.05) is 4.90 Å². The number of nitrogens with zero attached hydrogens (tertiary/aromatic N) is 3. The molecule has 0 spiro atoms. The number of alkyl halides is 1. The van der Waals surface area contributed by atoms with Gasteiger partial charge in [0.15, 0.2) is 5.17 Å². The average molecular weight is 437 g/mol. The van der Waals surface area contributed by atoms with Gasteiger partial charge in [0.25, 0.3) is 0 Å². The molecule has 3 aliphatic rings. The largest absolute Gasteiger partial charge is 0.323 e. The number of amides is 2. The van der Waals surface area contributed by atoms with Crippen LogP contribution in [0.5, 0.6) is 0 Å². The molecular formula is C17H29ClN4O3S2. The number of hydrogen-bond acceptors (Lipinski definition) is 5. The van der Waals surface area contributed by atoms with E-state index in [4.69, 9.17) is 11.6 Å². The molecule has 0 aromatic carbocycles. The zero-order valence-corrected chi connectivity index (χ0v) is 18.2. The van der Waals surface area contributed by atoms with Crippen molar-refractivity contribution >= 4 is 44.6 Å². The number of piperidine rings is 1. The molecule has 154 valence electrons. The molecule has 2 amide bonds. The highest BCUT2D eigenvalue weighted by atomic mass is 35.5. The minimum Gasteiger partial charge on any atom is -0.318 e. The smallest absolute Gasteiger partial charge is 0.318 e. The lowest BCUT2D eigenvalue weighted by Gasteiger charge is -2.43. The molecule has 0 bridgehead atoms. The number of rotatable bonds is 4. The van der Waals surface area contributed by atoms with Crippen LogP contribution in [0.25, 0.3) is 0 Å². The number of aliphatic imine (C=N–C) groups is 1. The first-order valence-corrected chi connectivity index (χ1v) is 12.8. The fourth-order valence-electron chi connectivity index (χ4n) is 4.15. The van der Waals surface area contributed by atoms with Gasteiger partial charge in [-0.2, -0.15) is 0 Å². The summed E-state index contributed by atoms with van der Waals surface area (Å²) in [5.41, 5.74) is 0. The van der Waals surface area contributed by atoms with Crippen molar-refractivity contribution in [3.63, 3.8) is 0 Å². The number of nitrogens with one attached hydrogen (secondary N) is 1. The third-order valence-electron chi connectivity index (χ3n) is 5.61. The Balaban J connectivity index is 1.68. The van der Waals surface area contributed by atoms with Crippen LogP contribution in [0.3, 0.4) is 0 Å². The number of carbonyl (C=O) groups excluding carboxylic acids is 1. The Morgan fingerprint density at radius 1 is 1.22 bits per heavy atom. The van der Waals surface area contributed by atoms with Gasteiger partial charge >= 0.3 is 6.03 Å². The van der Waals surface area contributed by atoms with Gasteiger partial charge in [0.1, 0.15) is 4.71 Å². The van der Waals surface area contributed by atoms with Gasteiger partial charge in [0, 0.05) is 25.2 Å². The molecule has 10 heteroatoms. The van der Waals surface area contributed by atoms with Crippen LogP contribution in [0.1, 0.15) is 51.9 Å². The number of amidine groups is 1. The molecule has 2 fully saturated rings. The predicted octanol–water partition coefficient (Wildman–Crippen LogP) is 2.81. The lowest BCUT2D eigenvalue weighted by Crippen LogP contribution is -2.56. The lowest BCUT2D eigenvalue weighted by atomic mass is 9.91. The van der Waals surface area contributed by atoms with Gasteiger partial charge in [-0.3, -0.25) is 10.3 Å². The van der Waals surface area contributed by atoms with Crippen molar-refractivity contribution in [2.75, 3.05) is 25.4 Å². The zero-order valence-electron chi connectivity index (χ0n) is 15.8. The van der Waals surface area contributed by atoms with Crippen molar-refractivity contribution in [3.05, 3.63) is 0 Å². The van der Waals surface area contributed by atoms with Crippen LogP contribution in [0.2, 0.25) is 0 Å². The van der Waals surface area contributed by atoms with Crippen LogP contribution < -0.4 is 5.32 Å². The molecule has 3 rings (SSSR count). The van der Waals surface area contributed by atoms with Crippen LogP contribution >= 0.6 is 23.4 Å². The second kappa shape index (κ2) is 9.33. The summed E-state index contributed by atoms with van der Waals surface area (Å²) in [6.07, 6.45) is 6.88. The quantitative estimate of drug-likeness (QED) is 0.687. The highest BCUT2D eigenvalue weighted by Crippen LogP contribution is 2.29. The molecule has 1 N–H and O–H groups in total. The maximum absolute atomic E-state index is 13.1. The molecule has 0 aromatic heterocycles. The number of carbonyl (C=O) groups is 1. The van der Waals surface area contributed by atoms with Crippen molar-refractivity contribution in [2.45, 2.75) is 68.7 Å². The summed E-state index contributed by atoms with van der Waals surface area (Å²) in [6, 6.07) is 0.169. The van der Waals surface area contributed by atoms with Crippen LogP contribution in [0.15, 0.2) is 4.99 Å². The summed E-state index contributed by atoms with van der Waals surface area (Å²) >= 11 is 7.44. The first-order valence-electron chi connectivity index (χ1n) is 9.83. The van der Waals surface area contributed by atoms with Crippen LogP contribution in [0.4, 0.5) is 4.79 Å². The van der Waals surface area contributed by atoms with E-state index in [1.54, 1.807) is 11.2 Å². The Morgan fingerprint density at radius 3 is 2.41 bits per heavy atom. The summed E-state index contributed by atoms with van der Waals surface area (Å²) < 4.78 is 25.7. The summed E-state index contributed by atoms with van der Waals surface area (Å²) in [5.74, 6) is 0.126. The van der Waals surface area contributed by atoms with Gasteiger partial charge in [-0.1, -0.05) is 31.0 Å². The first kappa shape index (κ1) is 21.2.